The van der Waals surface area contributed by atoms with E-state index in [4.69, 9.17) is 4.74 Å². The maximum atomic E-state index is 11.9. The fraction of sp³-hybridized carbons (Fsp3) is 0.0526. The van der Waals surface area contributed by atoms with Gasteiger partial charge in [0, 0.05) is 23.1 Å². The standard InChI is InChI=1S/C19H14N2O4S/c1-26-16-8-5-14(6-9-16)12-17-19(22)25-18(20-17)10-7-13-3-2-4-15(11-13)21(23)24/h2-12H,1H3/b10-7-,17-12+. The van der Waals surface area contributed by atoms with E-state index in [1.54, 1.807) is 36.0 Å². The van der Waals surface area contributed by atoms with Crippen LogP contribution < -0.4 is 0 Å². The number of nitro benzene ring substituents is 1. The molecular formula is C19H14N2O4S. The predicted octanol–water partition coefficient (Wildman–Crippen LogP) is 4.33. The minimum absolute atomic E-state index is 0.00761. The van der Waals surface area contributed by atoms with Crippen LogP contribution in [0.15, 0.2) is 70.2 Å². The summed E-state index contributed by atoms with van der Waals surface area (Å²) in [6.07, 6.45) is 6.76. The van der Waals surface area contributed by atoms with Crippen molar-refractivity contribution >= 4 is 41.5 Å². The van der Waals surface area contributed by atoms with Gasteiger partial charge in [-0.25, -0.2) is 9.79 Å². The first-order valence-corrected chi connectivity index (χ1v) is 8.87. The predicted molar refractivity (Wildman–Crippen MR) is 102 cm³/mol. The normalized spacial score (nSPS) is 15.3. The van der Waals surface area contributed by atoms with Crippen LogP contribution in [0.3, 0.4) is 0 Å². The molecule has 2 aromatic carbocycles. The Morgan fingerprint density at radius 2 is 1.88 bits per heavy atom. The number of nitrogens with zero attached hydrogens (tertiary/aromatic N) is 2. The second-order valence-electron chi connectivity index (χ2n) is 5.33. The van der Waals surface area contributed by atoms with E-state index in [1.165, 1.54) is 18.2 Å². The molecule has 1 heterocycles. The van der Waals surface area contributed by atoms with Crippen molar-refractivity contribution in [1.82, 2.24) is 0 Å². The quantitative estimate of drug-likeness (QED) is 0.259. The van der Waals surface area contributed by atoms with Crippen LogP contribution in [-0.2, 0) is 9.53 Å². The molecule has 6 nitrogen and oxygen atoms in total. The molecule has 1 aliphatic heterocycles. The maximum Gasteiger partial charge on any atom is 0.363 e. The molecule has 130 valence electrons. The number of hydrogen-bond donors (Lipinski definition) is 0. The molecule has 0 saturated heterocycles. The zero-order valence-electron chi connectivity index (χ0n) is 13.8. The van der Waals surface area contributed by atoms with Gasteiger partial charge >= 0.3 is 5.97 Å². The van der Waals surface area contributed by atoms with Crippen LogP contribution in [0.2, 0.25) is 0 Å². The van der Waals surface area contributed by atoms with Crippen LogP contribution in [0, 0.1) is 10.1 Å². The van der Waals surface area contributed by atoms with Crippen molar-refractivity contribution in [2.24, 2.45) is 4.99 Å². The van der Waals surface area contributed by atoms with Crippen molar-refractivity contribution in [3.05, 3.63) is 81.5 Å². The van der Waals surface area contributed by atoms with Crippen LogP contribution >= 0.6 is 11.8 Å². The Morgan fingerprint density at radius 3 is 2.58 bits per heavy atom. The molecule has 0 amide bonds. The summed E-state index contributed by atoms with van der Waals surface area (Å²) in [7, 11) is 0. The lowest BCUT2D eigenvalue weighted by Crippen LogP contribution is -2.01. The summed E-state index contributed by atoms with van der Waals surface area (Å²) < 4.78 is 5.11. The number of benzene rings is 2. The monoisotopic (exact) mass is 366 g/mol. The molecule has 0 atom stereocenters. The van der Waals surface area contributed by atoms with Gasteiger partial charge in [0.05, 0.1) is 4.92 Å². The average Bonchev–Trinajstić information content (AvgIpc) is 3.00. The molecule has 0 N–H and O–H groups in total. The number of esters is 1. The highest BCUT2D eigenvalue weighted by atomic mass is 32.2. The summed E-state index contributed by atoms with van der Waals surface area (Å²) in [4.78, 5) is 27.6. The van der Waals surface area contributed by atoms with Gasteiger partial charge in [0.2, 0.25) is 5.90 Å². The van der Waals surface area contributed by atoms with E-state index >= 15 is 0 Å². The highest BCUT2D eigenvalue weighted by Crippen LogP contribution is 2.20. The summed E-state index contributed by atoms with van der Waals surface area (Å²) in [6, 6.07) is 13.9. The number of carbonyl (C=O) groups excluding carboxylic acids is 1. The van der Waals surface area contributed by atoms with Gasteiger partial charge in [-0.2, -0.15) is 0 Å². The molecular weight excluding hydrogens is 352 g/mol. The molecule has 0 aliphatic carbocycles. The Hall–Kier alpha value is -3.19. The van der Waals surface area contributed by atoms with E-state index in [0.717, 1.165) is 10.5 Å². The molecule has 26 heavy (non-hydrogen) atoms. The minimum atomic E-state index is -0.530. The van der Waals surface area contributed by atoms with Gasteiger partial charge in [-0.05, 0) is 41.7 Å². The van der Waals surface area contributed by atoms with Gasteiger partial charge in [0.25, 0.3) is 5.69 Å². The average molecular weight is 366 g/mol. The Balaban J connectivity index is 1.78. The first-order chi connectivity index (χ1) is 12.5. The van der Waals surface area contributed by atoms with E-state index in [-0.39, 0.29) is 17.3 Å². The molecule has 0 aromatic heterocycles. The minimum Gasteiger partial charge on any atom is -0.403 e. The number of cyclic esters (lactones) is 1. The lowest BCUT2D eigenvalue weighted by molar-refractivity contribution is -0.384. The highest BCUT2D eigenvalue weighted by molar-refractivity contribution is 7.98. The second kappa shape index (κ2) is 7.79. The fourth-order valence-electron chi connectivity index (χ4n) is 2.26. The van der Waals surface area contributed by atoms with Crippen LogP contribution in [-0.4, -0.2) is 23.0 Å². The highest BCUT2D eigenvalue weighted by Gasteiger charge is 2.21. The Labute approximate surface area is 154 Å². The van der Waals surface area contributed by atoms with Crippen LogP contribution in [0.1, 0.15) is 11.1 Å². The first-order valence-electron chi connectivity index (χ1n) is 7.64. The van der Waals surface area contributed by atoms with Crippen molar-refractivity contribution in [3.63, 3.8) is 0 Å². The second-order valence-corrected chi connectivity index (χ2v) is 6.21. The summed E-state index contributed by atoms with van der Waals surface area (Å²) in [5.41, 5.74) is 1.66. The molecule has 7 heteroatoms. The molecule has 0 fully saturated rings. The lowest BCUT2D eigenvalue weighted by Gasteiger charge is -1.97. The SMILES string of the molecule is CSc1ccc(/C=C2N=C(/C=C\c3cccc([N+](=O)[O-])c3)OC/2=O)cc1. The van der Waals surface area contributed by atoms with Crippen molar-refractivity contribution < 1.29 is 14.5 Å². The number of ether oxygens (including phenoxy) is 1. The summed E-state index contributed by atoms with van der Waals surface area (Å²) in [5, 5.41) is 10.8. The fourth-order valence-corrected chi connectivity index (χ4v) is 2.67. The van der Waals surface area contributed by atoms with Crippen molar-refractivity contribution in [2.45, 2.75) is 4.90 Å². The molecule has 0 bridgehead atoms. The van der Waals surface area contributed by atoms with Gasteiger partial charge in [-0.15, -0.1) is 11.8 Å². The smallest absolute Gasteiger partial charge is 0.363 e. The molecule has 0 spiro atoms. The molecule has 2 aromatic rings. The van der Waals surface area contributed by atoms with E-state index in [9.17, 15) is 14.9 Å². The van der Waals surface area contributed by atoms with E-state index in [0.29, 0.717) is 5.56 Å². The number of hydrogen-bond acceptors (Lipinski definition) is 6. The van der Waals surface area contributed by atoms with Crippen molar-refractivity contribution in [2.75, 3.05) is 6.26 Å². The third-order valence-corrected chi connectivity index (χ3v) is 4.30. The first kappa shape index (κ1) is 17.6. The largest absolute Gasteiger partial charge is 0.403 e. The maximum absolute atomic E-state index is 11.9. The third kappa shape index (κ3) is 4.25. The summed E-state index contributed by atoms with van der Waals surface area (Å²) in [6.45, 7) is 0. The summed E-state index contributed by atoms with van der Waals surface area (Å²) >= 11 is 1.64. The number of nitro groups is 1. The molecule has 1 aliphatic rings. The number of carbonyl (C=O) groups is 1. The van der Waals surface area contributed by atoms with Crippen LogP contribution in [0.25, 0.3) is 12.2 Å². The van der Waals surface area contributed by atoms with Gasteiger partial charge in [0.1, 0.15) is 0 Å². The van der Waals surface area contributed by atoms with E-state index in [2.05, 4.69) is 4.99 Å². The molecule has 0 unspecified atom stereocenters. The number of thioether (sulfide) groups is 1. The van der Waals surface area contributed by atoms with Gasteiger partial charge in [-0.3, -0.25) is 10.1 Å². The topological polar surface area (TPSA) is 81.8 Å². The van der Waals surface area contributed by atoms with Crippen molar-refractivity contribution in [3.8, 4) is 0 Å². The van der Waals surface area contributed by atoms with Gasteiger partial charge in [0.15, 0.2) is 5.70 Å². The Kier molecular flexibility index (Phi) is 5.28. The van der Waals surface area contributed by atoms with Crippen LogP contribution in [0.5, 0.6) is 0 Å². The van der Waals surface area contributed by atoms with Crippen molar-refractivity contribution in [1.29, 1.82) is 0 Å². The zero-order valence-corrected chi connectivity index (χ0v) is 14.6. The Morgan fingerprint density at radius 1 is 1.12 bits per heavy atom. The third-order valence-electron chi connectivity index (χ3n) is 3.56. The van der Waals surface area contributed by atoms with E-state index in [1.807, 2.05) is 30.5 Å². The zero-order chi connectivity index (χ0) is 18.5. The van der Waals surface area contributed by atoms with E-state index < -0.39 is 10.9 Å². The molecule has 3 rings (SSSR count). The molecule has 0 saturated carbocycles. The number of non-ortho nitro benzene ring substituents is 1. The molecule has 0 radical (unpaired) electrons. The Bertz CT molecular complexity index is 946. The summed E-state index contributed by atoms with van der Waals surface area (Å²) in [5.74, 6) is -0.383. The number of aliphatic imine (C=N–C) groups is 1. The number of rotatable bonds is 5. The van der Waals surface area contributed by atoms with Crippen LogP contribution in [0.4, 0.5) is 5.69 Å². The van der Waals surface area contributed by atoms with Gasteiger partial charge in [-0.1, -0.05) is 24.3 Å². The lowest BCUT2D eigenvalue weighted by atomic mass is 10.2. The van der Waals surface area contributed by atoms with Gasteiger partial charge < -0.3 is 4.74 Å².